The van der Waals surface area contributed by atoms with Crippen molar-refractivity contribution in [2.24, 2.45) is 0 Å². The standard InChI is InChI=1S/C10H15NO4/c1-10(2,3)15-9(13)11-7-4-5-8(12)14-6-7/h4-5,7H,6H2,1-3H3,(H,11,13). The first-order chi connectivity index (χ1) is 6.87. The molecule has 1 atom stereocenters. The Morgan fingerprint density at radius 1 is 1.60 bits per heavy atom. The van der Waals surface area contributed by atoms with E-state index in [1.165, 1.54) is 6.08 Å². The maximum atomic E-state index is 11.3. The smallest absolute Gasteiger partial charge is 0.408 e. The highest BCUT2D eigenvalue weighted by atomic mass is 16.6. The van der Waals surface area contributed by atoms with E-state index in [9.17, 15) is 9.59 Å². The molecule has 5 nitrogen and oxygen atoms in total. The third kappa shape index (κ3) is 4.49. The molecular weight excluding hydrogens is 198 g/mol. The molecule has 1 heterocycles. The number of alkyl carbamates (subject to hydrolysis) is 1. The van der Waals surface area contributed by atoms with Crippen LogP contribution in [0.5, 0.6) is 0 Å². The summed E-state index contributed by atoms with van der Waals surface area (Å²) in [5, 5.41) is 2.57. The van der Waals surface area contributed by atoms with Crippen LogP contribution in [0, 0.1) is 0 Å². The minimum Gasteiger partial charge on any atom is -0.460 e. The third-order valence-electron chi connectivity index (χ3n) is 1.57. The lowest BCUT2D eigenvalue weighted by atomic mass is 10.2. The first-order valence-electron chi connectivity index (χ1n) is 4.71. The van der Waals surface area contributed by atoms with E-state index >= 15 is 0 Å². The summed E-state index contributed by atoms with van der Waals surface area (Å²) >= 11 is 0. The zero-order chi connectivity index (χ0) is 11.5. The highest BCUT2D eigenvalue weighted by Crippen LogP contribution is 2.07. The van der Waals surface area contributed by atoms with Gasteiger partial charge in [0.25, 0.3) is 0 Å². The van der Waals surface area contributed by atoms with Gasteiger partial charge in [-0.05, 0) is 20.8 Å². The van der Waals surface area contributed by atoms with Crippen LogP contribution in [-0.2, 0) is 14.3 Å². The number of hydrogen-bond donors (Lipinski definition) is 1. The molecule has 1 amide bonds. The fraction of sp³-hybridized carbons (Fsp3) is 0.600. The Labute approximate surface area is 88.4 Å². The van der Waals surface area contributed by atoms with Gasteiger partial charge in [0, 0.05) is 6.08 Å². The van der Waals surface area contributed by atoms with Crippen molar-refractivity contribution >= 4 is 12.1 Å². The van der Waals surface area contributed by atoms with E-state index in [-0.39, 0.29) is 12.6 Å². The molecule has 0 bridgehead atoms. The summed E-state index contributed by atoms with van der Waals surface area (Å²) in [5.41, 5.74) is -0.529. The molecule has 5 heteroatoms. The highest BCUT2D eigenvalue weighted by molar-refractivity contribution is 5.83. The SMILES string of the molecule is CC(C)(C)OC(=O)NC1C=CC(=O)OC1. The normalized spacial score (nSPS) is 20.7. The summed E-state index contributed by atoms with van der Waals surface area (Å²) in [7, 11) is 0. The fourth-order valence-electron chi connectivity index (χ4n) is 1.02. The van der Waals surface area contributed by atoms with Crippen molar-refractivity contribution in [2.75, 3.05) is 6.61 Å². The zero-order valence-corrected chi connectivity index (χ0v) is 9.07. The third-order valence-corrected chi connectivity index (χ3v) is 1.57. The molecule has 84 valence electrons. The molecular formula is C10H15NO4. The summed E-state index contributed by atoms with van der Waals surface area (Å²) in [6.07, 6.45) is 2.34. The number of esters is 1. The van der Waals surface area contributed by atoms with Gasteiger partial charge in [-0.3, -0.25) is 0 Å². The lowest BCUT2D eigenvalue weighted by Crippen LogP contribution is -2.42. The lowest BCUT2D eigenvalue weighted by molar-refractivity contribution is -0.139. The molecule has 1 aliphatic rings. The topological polar surface area (TPSA) is 64.6 Å². The first kappa shape index (κ1) is 11.6. The zero-order valence-electron chi connectivity index (χ0n) is 9.07. The molecule has 0 radical (unpaired) electrons. The number of hydrogen-bond acceptors (Lipinski definition) is 4. The van der Waals surface area contributed by atoms with Crippen molar-refractivity contribution in [3.63, 3.8) is 0 Å². The maximum Gasteiger partial charge on any atom is 0.408 e. The van der Waals surface area contributed by atoms with Gasteiger partial charge in [-0.25, -0.2) is 9.59 Å². The van der Waals surface area contributed by atoms with E-state index in [4.69, 9.17) is 9.47 Å². The van der Waals surface area contributed by atoms with Gasteiger partial charge in [-0.15, -0.1) is 0 Å². The summed E-state index contributed by atoms with van der Waals surface area (Å²) in [5.74, 6) is -0.391. The summed E-state index contributed by atoms with van der Waals surface area (Å²) in [6, 6.07) is -0.308. The fourth-order valence-corrected chi connectivity index (χ4v) is 1.02. The van der Waals surface area contributed by atoms with Crippen LogP contribution in [0.3, 0.4) is 0 Å². The van der Waals surface area contributed by atoms with Gasteiger partial charge < -0.3 is 14.8 Å². The Morgan fingerprint density at radius 2 is 2.27 bits per heavy atom. The van der Waals surface area contributed by atoms with Gasteiger partial charge in [0.1, 0.15) is 12.2 Å². The minimum atomic E-state index is -0.529. The minimum absolute atomic E-state index is 0.147. The highest BCUT2D eigenvalue weighted by Gasteiger charge is 2.20. The molecule has 0 aromatic carbocycles. The van der Waals surface area contributed by atoms with Gasteiger partial charge in [0.15, 0.2) is 0 Å². The number of carbonyl (C=O) groups is 2. The molecule has 0 aromatic heterocycles. The molecule has 1 unspecified atom stereocenters. The molecule has 1 rings (SSSR count). The van der Waals surface area contributed by atoms with Gasteiger partial charge in [-0.1, -0.05) is 6.08 Å². The van der Waals surface area contributed by atoms with E-state index < -0.39 is 17.7 Å². The second-order valence-corrected chi connectivity index (χ2v) is 4.24. The quantitative estimate of drug-likeness (QED) is 0.660. The molecule has 0 aromatic rings. The molecule has 0 saturated heterocycles. The number of nitrogens with one attached hydrogen (secondary N) is 1. The van der Waals surface area contributed by atoms with E-state index in [2.05, 4.69) is 5.32 Å². The lowest BCUT2D eigenvalue weighted by Gasteiger charge is -2.23. The Kier molecular flexibility index (Phi) is 3.34. The Morgan fingerprint density at radius 3 is 2.73 bits per heavy atom. The molecule has 1 aliphatic heterocycles. The monoisotopic (exact) mass is 213 g/mol. The van der Waals surface area contributed by atoms with Crippen LogP contribution >= 0.6 is 0 Å². The summed E-state index contributed by atoms with van der Waals surface area (Å²) < 4.78 is 9.77. The average molecular weight is 213 g/mol. The Bertz CT molecular complexity index is 290. The molecule has 15 heavy (non-hydrogen) atoms. The summed E-state index contributed by atoms with van der Waals surface area (Å²) in [6.45, 7) is 5.49. The van der Waals surface area contributed by atoms with E-state index in [1.54, 1.807) is 26.8 Å². The summed E-state index contributed by atoms with van der Waals surface area (Å²) in [4.78, 5) is 22.0. The van der Waals surface area contributed by atoms with Crippen molar-refractivity contribution in [1.29, 1.82) is 0 Å². The number of ether oxygens (including phenoxy) is 2. The van der Waals surface area contributed by atoms with Crippen molar-refractivity contribution in [3.05, 3.63) is 12.2 Å². The molecule has 0 spiro atoms. The molecule has 0 aliphatic carbocycles. The van der Waals surface area contributed by atoms with Crippen molar-refractivity contribution in [3.8, 4) is 0 Å². The van der Waals surface area contributed by atoms with E-state index in [1.807, 2.05) is 0 Å². The van der Waals surface area contributed by atoms with Crippen molar-refractivity contribution in [2.45, 2.75) is 32.4 Å². The van der Waals surface area contributed by atoms with Gasteiger partial charge in [0.05, 0.1) is 6.04 Å². The number of carbonyl (C=O) groups excluding carboxylic acids is 2. The largest absolute Gasteiger partial charge is 0.460 e. The van der Waals surface area contributed by atoms with Crippen molar-refractivity contribution in [1.82, 2.24) is 5.32 Å². The predicted octanol–water partition coefficient (Wildman–Crippen LogP) is 0.993. The van der Waals surface area contributed by atoms with Crippen LogP contribution in [0.2, 0.25) is 0 Å². The molecule has 1 N–H and O–H groups in total. The maximum absolute atomic E-state index is 11.3. The van der Waals surface area contributed by atoms with Crippen LogP contribution in [-0.4, -0.2) is 30.3 Å². The predicted molar refractivity (Wildman–Crippen MR) is 53.3 cm³/mol. The Balaban J connectivity index is 2.39. The average Bonchev–Trinajstić information content (AvgIpc) is 2.05. The Hall–Kier alpha value is -1.52. The number of cyclic esters (lactones) is 1. The van der Waals surface area contributed by atoms with Crippen LogP contribution < -0.4 is 5.32 Å². The van der Waals surface area contributed by atoms with E-state index in [0.717, 1.165) is 0 Å². The second kappa shape index (κ2) is 4.33. The second-order valence-electron chi connectivity index (χ2n) is 4.24. The van der Waals surface area contributed by atoms with Crippen LogP contribution in [0.4, 0.5) is 4.79 Å². The molecule has 0 fully saturated rings. The number of rotatable bonds is 1. The van der Waals surface area contributed by atoms with Crippen LogP contribution in [0.25, 0.3) is 0 Å². The van der Waals surface area contributed by atoms with Gasteiger partial charge in [-0.2, -0.15) is 0 Å². The number of amides is 1. The first-order valence-corrected chi connectivity index (χ1v) is 4.71. The van der Waals surface area contributed by atoms with Gasteiger partial charge >= 0.3 is 12.1 Å². The van der Waals surface area contributed by atoms with Crippen LogP contribution in [0.1, 0.15) is 20.8 Å². The molecule has 0 saturated carbocycles. The van der Waals surface area contributed by atoms with Gasteiger partial charge in [0.2, 0.25) is 0 Å². The van der Waals surface area contributed by atoms with E-state index in [0.29, 0.717) is 0 Å². The van der Waals surface area contributed by atoms with Crippen LogP contribution in [0.15, 0.2) is 12.2 Å². The van der Waals surface area contributed by atoms with Crippen molar-refractivity contribution < 1.29 is 19.1 Å².